The molecule has 104 valence electrons. The SMILES string of the molecule is O=C(NCC1CCCCC1CCl)c1ccccc1Cl. The zero-order chi connectivity index (χ0) is 13.7. The number of alkyl halides is 1. The van der Waals surface area contributed by atoms with Gasteiger partial charge in [-0.25, -0.2) is 0 Å². The summed E-state index contributed by atoms with van der Waals surface area (Å²) in [6.07, 6.45) is 4.82. The minimum atomic E-state index is -0.0931. The highest BCUT2D eigenvalue weighted by Gasteiger charge is 2.24. The van der Waals surface area contributed by atoms with Crippen LogP contribution in [-0.4, -0.2) is 18.3 Å². The van der Waals surface area contributed by atoms with E-state index in [1.807, 2.05) is 12.1 Å². The van der Waals surface area contributed by atoms with E-state index >= 15 is 0 Å². The molecule has 19 heavy (non-hydrogen) atoms. The predicted octanol–water partition coefficient (Wildman–Crippen LogP) is 4.12. The summed E-state index contributed by atoms with van der Waals surface area (Å²) in [7, 11) is 0. The van der Waals surface area contributed by atoms with Crippen molar-refractivity contribution in [3.05, 3.63) is 34.9 Å². The van der Waals surface area contributed by atoms with E-state index in [0.717, 1.165) is 6.42 Å². The number of carbonyl (C=O) groups is 1. The lowest BCUT2D eigenvalue weighted by atomic mass is 9.80. The largest absolute Gasteiger partial charge is 0.352 e. The third kappa shape index (κ3) is 3.87. The number of benzene rings is 1. The van der Waals surface area contributed by atoms with Crippen molar-refractivity contribution >= 4 is 29.1 Å². The molecule has 0 saturated heterocycles. The Labute approximate surface area is 124 Å². The molecule has 1 aromatic carbocycles. The molecule has 0 bridgehead atoms. The third-order valence-corrected chi connectivity index (χ3v) is 4.63. The molecule has 2 unspecified atom stereocenters. The highest BCUT2D eigenvalue weighted by molar-refractivity contribution is 6.33. The van der Waals surface area contributed by atoms with Gasteiger partial charge in [0.25, 0.3) is 5.91 Å². The third-order valence-electron chi connectivity index (χ3n) is 3.91. The van der Waals surface area contributed by atoms with Crippen LogP contribution in [0.5, 0.6) is 0 Å². The van der Waals surface area contributed by atoms with E-state index < -0.39 is 0 Å². The normalized spacial score (nSPS) is 23.1. The van der Waals surface area contributed by atoms with Crippen LogP contribution < -0.4 is 5.32 Å². The Bertz CT molecular complexity index is 436. The number of nitrogens with one attached hydrogen (secondary N) is 1. The fourth-order valence-electron chi connectivity index (χ4n) is 2.72. The highest BCUT2D eigenvalue weighted by Crippen LogP contribution is 2.30. The van der Waals surface area contributed by atoms with Crippen LogP contribution in [-0.2, 0) is 0 Å². The number of hydrogen-bond acceptors (Lipinski definition) is 1. The average Bonchev–Trinajstić information content (AvgIpc) is 2.45. The fraction of sp³-hybridized carbons (Fsp3) is 0.533. The van der Waals surface area contributed by atoms with Gasteiger partial charge in [0, 0.05) is 12.4 Å². The molecule has 1 N–H and O–H groups in total. The molecular weight excluding hydrogens is 281 g/mol. The number of rotatable bonds is 4. The van der Waals surface area contributed by atoms with Crippen LogP contribution in [0.25, 0.3) is 0 Å². The zero-order valence-corrected chi connectivity index (χ0v) is 12.4. The van der Waals surface area contributed by atoms with Gasteiger partial charge in [-0.15, -0.1) is 11.6 Å². The maximum absolute atomic E-state index is 12.1. The topological polar surface area (TPSA) is 29.1 Å². The first-order chi connectivity index (χ1) is 9.22. The number of carbonyl (C=O) groups excluding carboxylic acids is 1. The first-order valence-corrected chi connectivity index (χ1v) is 7.72. The number of halogens is 2. The lowest BCUT2D eigenvalue weighted by Crippen LogP contribution is -2.35. The highest BCUT2D eigenvalue weighted by atomic mass is 35.5. The molecule has 0 heterocycles. The minimum absolute atomic E-state index is 0.0931. The van der Waals surface area contributed by atoms with Gasteiger partial charge in [-0.1, -0.05) is 36.6 Å². The van der Waals surface area contributed by atoms with Gasteiger partial charge >= 0.3 is 0 Å². The summed E-state index contributed by atoms with van der Waals surface area (Å²) in [4.78, 5) is 12.1. The van der Waals surface area contributed by atoms with Gasteiger partial charge in [0.2, 0.25) is 0 Å². The van der Waals surface area contributed by atoms with Crippen LogP contribution >= 0.6 is 23.2 Å². The van der Waals surface area contributed by atoms with Gasteiger partial charge in [-0.2, -0.15) is 0 Å². The van der Waals surface area contributed by atoms with Crippen LogP contribution in [0, 0.1) is 11.8 Å². The molecule has 4 heteroatoms. The van der Waals surface area contributed by atoms with Gasteiger partial charge in [-0.05, 0) is 36.8 Å². The molecule has 1 saturated carbocycles. The van der Waals surface area contributed by atoms with Gasteiger partial charge in [0.15, 0.2) is 0 Å². The predicted molar refractivity (Wildman–Crippen MR) is 80.0 cm³/mol. The molecular formula is C15H19Cl2NO. The summed E-state index contributed by atoms with van der Waals surface area (Å²) < 4.78 is 0. The fourth-order valence-corrected chi connectivity index (χ4v) is 3.35. The van der Waals surface area contributed by atoms with Crippen molar-refractivity contribution < 1.29 is 4.79 Å². The Balaban J connectivity index is 1.91. The molecule has 0 aromatic heterocycles. The van der Waals surface area contributed by atoms with E-state index in [9.17, 15) is 4.79 Å². The Hall–Kier alpha value is -0.730. The van der Waals surface area contributed by atoms with Gasteiger partial charge in [-0.3, -0.25) is 4.79 Å². The number of amides is 1. The Morgan fingerprint density at radius 2 is 1.89 bits per heavy atom. The summed E-state index contributed by atoms with van der Waals surface area (Å²) in [5, 5.41) is 3.49. The smallest absolute Gasteiger partial charge is 0.252 e. The summed E-state index contributed by atoms with van der Waals surface area (Å²) in [5.41, 5.74) is 0.544. The monoisotopic (exact) mass is 299 g/mol. The molecule has 1 fully saturated rings. The van der Waals surface area contributed by atoms with E-state index in [1.165, 1.54) is 19.3 Å². The Morgan fingerprint density at radius 3 is 2.58 bits per heavy atom. The van der Waals surface area contributed by atoms with Crippen molar-refractivity contribution in [2.75, 3.05) is 12.4 Å². The quantitative estimate of drug-likeness (QED) is 0.833. The average molecular weight is 300 g/mol. The molecule has 2 atom stereocenters. The van der Waals surface area contributed by atoms with Gasteiger partial charge < -0.3 is 5.32 Å². The minimum Gasteiger partial charge on any atom is -0.352 e. The second-order valence-corrected chi connectivity index (χ2v) is 5.86. The Kier molecular flexibility index (Phi) is 5.53. The van der Waals surface area contributed by atoms with Crippen LogP contribution in [0.4, 0.5) is 0 Å². The summed E-state index contributed by atoms with van der Waals surface area (Å²) >= 11 is 12.0. The summed E-state index contributed by atoms with van der Waals surface area (Å²) in [6, 6.07) is 7.13. The molecule has 1 amide bonds. The summed E-state index contributed by atoms with van der Waals surface area (Å²) in [6.45, 7) is 0.696. The van der Waals surface area contributed by atoms with Crippen LogP contribution in [0.2, 0.25) is 5.02 Å². The first kappa shape index (κ1) is 14.7. The van der Waals surface area contributed by atoms with Crippen molar-refractivity contribution in [1.29, 1.82) is 0 Å². The van der Waals surface area contributed by atoms with Gasteiger partial charge in [0.1, 0.15) is 0 Å². The van der Waals surface area contributed by atoms with Crippen molar-refractivity contribution in [3.63, 3.8) is 0 Å². The van der Waals surface area contributed by atoms with E-state index in [-0.39, 0.29) is 5.91 Å². The van der Waals surface area contributed by atoms with Crippen LogP contribution in [0.3, 0.4) is 0 Å². The van der Waals surface area contributed by atoms with E-state index in [1.54, 1.807) is 12.1 Å². The zero-order valence-electron chi connectivity index (χ0n) is 10.9. The molecule has 1 aliphatic rings. The lowest BCUT2D eigenvalue weighted by Gasteiger charge is -2.30. The van der Waals surface area contributed by atoms with Crippen molar-refractivity contribution in [1.82, 2.24) is 5.32 Å². The maximum atomic E-state index is 12.1. The van der Waals surface area contributed by atoms with Crippen molar-refractivity contribution in [2.45, 2.75) is 25.7 Å². The molecule has 0 spiro atoms. The van der Waals surface area contributed by atoms with Gasteiger partial charge in [0.05, 0.1) is 10.6 Å². The maximum Gasteiger partial charge on any atom is 0.252 e. The van der Waals surface area contributed by atoms with Crippen LogP contribution in [0.1, 0.15) is 36.0 Å². The molecule has 2 rings (SSSR count). The first-order valence-electron chi connectivity index (χ1n) is 6.81. The van der Waals surface area contributed by atoms with E-state index in [2.05, 4.69) is 5.32 Å². The van der Waals surface area contributed by atoms with E-state index in [0.29, 0.717) is 34.8 Å². The second-order valence-electron chi connectivity index (χ2n) is 5.15. The molecule has 1 aliphatic carbocycles. The molecule has 1 aromatic rings. The molecule has 0 radical (unpaired) electrons. The second kappa shape index (κ2) is 7.16. The Morgan fingerprint density at radius 1 is 1.21 bits per heavy atom. The van der Waals surface area contributed by atoms with Crippen LogP contribution in [0.15, 0.2) is 24.3 Å². The summed E-state index contributed by atoms with van der Waals surface area (Å²) in [5.74, 6) is 1.62. The van der Waals surface area contributed by atoms with Crippen molar-refractivity contribution in [3.8, 4) is 0 Å². The van der Waals surface area contributed by atoms with E-state index in [4.69, 9.17) is 23.2 Å². The molecule has 2 nitrogen and oxygen atoms in total. The lowest BCUT2D eigenvalue weighted by molar-refractivity contribution is 0.0937. The van der Waals surface area contributed by atoms with Crippen molar-refractivity contribution in [2.24, 2.45) is 11.8 Å². The molecule has 0 aliphatic heterocycles. The standard InChI is InChI=1S/C15H19Cl2NO/c16-9-11-5-1-2-6-12(11)10-18-15(19)13-7-3-4-8-14(13)17/h3-4,7-8,11-12H,1-2,5-6,9-10H2,(H,18,19). The number of hydrogen-bond donors (Lipinski definition) is 1.